The first-order valence-electron chi connectivity index (χ1n) is 15.3. The van der Waals surface area contributed by atoms with Gasteiger partial charge in [-0.05, 0) is 55.8 Å². The predicted molar refractivity (Wildman–Crippen MR) is 165 cm³/mol. The molecule has 7 rings (SSSR count). The number of thiophene rings is 1. The molecule has 248 valence electrons. The Morgan fingerprint density at radius 1 is 1.17 bits per heavy atom. The lowest BCUT2D eigenvalue weighted by Crippen LogP contribution is -2.43. The van der Waals surface area contributed by atoms with Crippen LogP contribution in [-0.2, 0) is 6.18 Å². The van der Waals surface area contributed by atoms with E-state index in [2.05, 4.69) is 9.97 Å². The second-order valence-electron chi connectivity index (χ2n) is 12.6. The van der Waals surface area contributed by atoms with Gasteiger partial charge in [0.2, 0.25) is 0 Å². The molecule has 3 fully saturated rings. The summed E-state index contributed by atoms with van der Waals surface area (Å²) in [4.78, 5) is 12.5. The zero-order chi connectivity index (χ0) is 33.2. The van der Waals surface area contributed by atoms with E-state index in [4.69, 9.17) is 10.5 Å². The van der Waals surface area contributed by atoms with Crippen molar-refractivity contribution in [1.82, 2.24) is 14.9 Å². The first kappa shape index (κ1) is 31.7. The van der Waals surface area contributed by atoms with Gasteiger partial charge in [0.15, 0.2) is 5.82 Å². The van der Waals surface area contributed by atoms with E-state index in [0.29, 0.717) is 50.2 Å². The summed E-state index contributed by atoms with van der Waals surface area (Å²) in [5.74, 6) is -2.12. The zero-order valence-corrected chi connectivity index (χ0v) is 25.8. The summed E-state index contributed by atoms with van der Waals surface area (Å²) >= 11 is 0.689. The molecule has 5 heterocycles. The third-order valence-electron chi connectivity index (χ3n) is 9.80. The molecule has 0 saturated carbocycles. The van der Waals surface area contributed by atoms with Crippen molar-refractivity contribution in [3.05, 3.63) is 41.0 Å². The topological polar surface area (TPSA) is 112 Å². The maximum absolute atomic E-state index is 16.9. The maximum Gasteiger partial charge on any atom is 0.417 e. The van der Waals surface area contributed by atoms with Crippen LogP contribution in [0.3, 0.4) is 0 Å². The molecule has 2 aromatic carbocycles. The number of fused-ring (bicyclic) bond motifs is 3. The van der Waals surface area contributed by atoms with Gasteiger partial charge in [0.1, 0.15) is 41.0 Å². The van der Waals surface area contributed by atoms with Crippen LogP contribution in [0.15, 0.2) is 18.2 Å². The number of benzene rings is 2. The van der Waals surface area contributed by atoms with Crippen molar-refractivity contribution < 1.29 is 36.2 Å². The SMILES string of the molecule is N#Cc1c(N)sc2c(F)ccc(-c3c(C(F)(F)F)cc4c(N5CCC(CO)CC5)nc(OC[C@@]56CCCN5C[C@H](F)C6)nc4c3F)c12. The molecule has 0 aliphatic carbocycles. The molecule has 4 aromatic rings. The number of aliphatic hydroxyl groups is 1. The first-order chi connectivity index (χ1) is 22.4. The van der Waals surface area contributed by atoms with Crippen LogP contribution in [0.1, 0.15) is 43.2 Å². The predicted octanol–water partition coefficient (Wildman–Crippen LogP) is 6.43. The van der Waals surface area contributed by atoms with Crippen LogP contribution in [0.2, 0.25) is 0 Å². The number of halogens is 6. The summed E-state index contributed by atoms with van der Waals surface area (Å²) in [5, 5.41) is 18.9. The minimum absolute atomic E-state index is 0.000807. The summed E-state index contributed by atoms with van der Waals surface area (Å²) in [5.41, 5.74) is 2.02. The Morgan fingerprint density at radius 2 is 1.94 bits per heavy atom. The standard InChI is InChI=1S/C32H30F6N6O2S/c33-17-11-31(6-1-7-44(31)13-17)15-46-30-41-26-19(29(42-30)43-8-4-16(14-45)5-9-43)10-21(32(36,37)38)24(25(26)35)18-2-3-22(34)27-23(18)20(12-39)28(40)47-27/h2-3,10,16-17,45H,1,4-9,11,13-15,40H2/t17-,31+/m1/s1. The number of hydrogen-bond donors (Lipinski definition) is 2. The van der Waals surface area contributed by atoms with Crippen LogP contribution in [0.5, 0.6) is 6.01 Å². The smallest absolute Gasteiger partial charge is 0.417 e. The molecule has 2 aromatic heterocycles. The highest BCUT2D eigenvalue weighted by Crippen LogP contribution is 2.48. The van der Waals surface area contributed by atoms with E-state index in [-0.39, 0.29) is 75.5 Å². The number of nitrogen functional groups attached to an aromatic ring is 1. The van der Waals surface area contributed by atoms with Crippen LogP contribution in [-0.4, -0.2) is 71.1 Å². The number of rotatable bonds is 6. The van der Waals surface area contributed by atoms with Crippen molar-refractivity contribution in [3.63, 3.8) is 0 Å². The quantitative estimate of drug-likeness (QED) is 0.225. The minimum atomic E-state index is -5.08. The van der Waals surface area contributed by atoms with Crippen molar-refractivity contribution >= 4 is 43.1 Å². The molecule has 15 heteroatoms. The number of nitrogens with zero attached hydrogens (tertiary/aromatic N) is 5. The highest BCUT2D eigenvalue weighted by molar-refractivity contribution is 7.23. The Hall–Kier alpha value is -3.87. The third kappa shape index (κ3) is 5.30. The molecule has 3 aliphatic heterocycles. The number of aliphatic hydroxyl groups excluding tert-OH is 1. The molecular weight excluding hydrogens is 646 g/mol. The second kappa shape index (κ2) is 11.7. The van der Waals surface area contributed by atoms with Gasteiger partial charge in [0.25, 0.3) is 0 Å². The third-order valence-corrected chi connectivity index (χ3v) is 10.8. The lowest BCUT2D eigenvalue weighted by atomic mass is 9.92. The van der Waals surface area contributed by atoms with Crippen molar-refractivity contribution in [2.75, 3.05) is 50.0 Å². The fraction of sp³-hybridized carbons (Fsp3) is 0.469. The fourth-order valence-corrected chi connectivity index (χ4v) is 8.42. The number of anilines is 2. The Morgan fingerprint density at radius 3 is 2.64 bits per heavy atom. The normalized spacial score (nSPS) is 22.3. The van der Waals surface area contributed by atoms with E-state index in [1.54, 1.807) is 4.90 Å². The van der Waals surface area contributed by atoms with Gasteiger partial charge in [0.05, 0.1) is 21.4 Å². The summed E-state index contributed by atoms with van der Waals surface area (Å²) < 4.78 is 96.6. The molecule has 0 spiro atoms. The summed E-state index contributed by atoms with van der Waals surface area (Å²) in [6, 6.07) is 4.25. The second-order valence-corrected chi connectivity index (χ2v) is 13.6. The van der Waals surface area contributed by atoms with Gasteiger partial charge in [-0.15, -0.1) is 11.3 Å². The Bertz CT molecular complexity index is 1920. The minimum Gasteiger partial charge on any atom is -0.461 e. The molecule has 2 atom stereocenters. The van der Waals surface area contributed by atoms with Gasteiger partial charge >= 0.3 is 12.2 Å². The number of nitriles is 1. The van der Waals surface area contributed by atoms with E-state index in [1.165, 1.54) is 0 Å². The number of hydrogen-bond acceptors (Lipinski definition) is 9. The summed E-state index contributed by atoms with van der Waals surface area (Å²) in [7, 11) is 0. The van der Waals surface area contributed by atoms with Gasteiger partial charge in [-0.25, -0.2) is 13.2 Å². The lowest BCUT2D eigenvalue weighted by molar-refractivity contribution is -0.137. The molecule has 3 saturated heterocycles. The van der Waals surface area contributed by atoms with Gasteiger partial charge in [-0.3, -0.25) is 4.90 Å². The number of ether oxygens (including phenoxy) is 1. The first-order valence-corrected chi connectivity index (χ1v) is 16.2. The van der Waals surface area contributed by atoms with Gasteiger partial charge in [-0.1, -0.05) is 6.07 Å². The van der Waals surface area contributed by atoms with E-state index < -0.39 is 46.2 Å². The summed E-state index contributed by atoms with van der Waals surface area (Å²) in [6.45, 7) is 1.62. The van der Waals surface area contributed by atoms with E-state index >= 15 is 4.39 Å². The van der Waals surface area contributed by atoms with Gasteiger partial charge in [0, 0.05) is 49.0 Å². The highest BCUT2D eigenvalue weighted by atomic mass is 32.1. The van der Waals surface area contributed by atoms with Gasteiger partial charge < -0.3 is 20.5 Å². The van der Waals surface area contributed by atoms with E-state index in [1.807, 2.05) is 11.0 Å². The van der Waals surface area contributed by atoms with Crippen LogP contribution in [0.4, 0.5) is 37.2 Å². The Kier molecular flexibility index (Phi) is 7.88. The molecular formula is C32H30F6N6O2S. The molecule has 0 amide bonds. The molecule has 47 heavy (non-hydrogen) atoms. The molecule has 8 nitrogen and oxygen atoms in total. The van der Waals surface area contributed by atoms with Crippen molar-refractivity contribution in [1.29, 1.82) is 5.26 Å². The van der Waals surface area contributed by atoms with Crippen LogP contribution in [0.25, 0.3) is 32.1 Å². The van der Waals surface area contributed by atoms with Crippen LogP contribution >= 0.6 is 11.3 Å². The van der Waals surface area contributed by atoms with E-state index in [0.717, 1.165) is 24.6 Å². The molecule has 3 N–H and O–H groups in total. The molecule has 0 unspecified atom stereocenters. The largest absolute Gasteiger partial charge is 0.461 e. The maximum atomic E-state index is 16.9. The average Bonchev–Trinajstić information content (AvgIpc) is 3.69. The van der Waals surface area contributed by atoms with Crippen LogP contribution < -0.4 is 15.4 Å². The zero-order valence-electron chi connectivity index (χ0n) is 25.0. The van der Waals surface area contributed by atoms with Crippen molar-refractivity contribution in [3.8, 4) is 23.2 Å². The fourth-order valence-electron chi connectivity index (χ4n) is 7.47. The molecule has 0 bridgehead atoms. The van der Waals surface area contributed by atoms with Crippen molar-refractivity contribution in [2.24, 2.45) is 5.92 Å². The van der Waals surface area contributed by atoms with Crippen LogP contribution in [0, 0.1) is 28.9 Å². The van der Waals surface area contributed by atoms with Crippen molar-refractivity contribution in [2.45, 2.75) is 50.0 Å². The molecule has 3 aliphatic rings. The average molecular weight is 677 g/mol. The lowest BCUT2D eigenvalue weighted by Gasteiger charge is -2.33. The number of aromatic nitrogens is 2. The highest BCUT2D eigenvalue weighted by Gasteiger charge is 2.49. The Labute approximate surface area is 269 Å². The Balaban J connectivity index is 1.44. The summed E-state index contributed by atoms with van der Waals surface area (Å²) in [6.07, 6.45) is -3.26. The van der Waals surface area contributed by atoms with E-state index in [9.17, 15) is 32.3 Å². The number of alkyl halides is 4. The number of piperidine rings is 1. The molecule has 0 radical (unpaired) electrons. The monoisotopic (exact) mass is 676 g/mol. The van der Waals surface area contributed by atoms with Gasteiger partial charge in [-0.2, -0.15) is 28.4 Å². The number of nitrogens with two attached hydrogens (primary N) is 1.